The lowest BCUT2D eigenvalue weighted by Crippen LogP contribution is -2.31. The van der Waals surface area contributed by atoms with Crippen molar-refractivity contribution in [3.05, 3.63) is 36.0 Å². The molecule has 0 radical (unpaired) electrons. The Balaban J connectivity index is 1.93. The summed E-state index contributed by atoms with van der Waals surface area (Å²) >= 11 is 0. The maximum absolute atomic E-state index is 12.6. The van der Waals surface area contributed by atoms with Gasteiger partial charge in [0.1, 0.15) is 0 Å². The minimum absolute atomic E-state index is 0.183. The molecule has 94 valence electrons. The minimum Gasteiger partial charge on any atom is -0.361 e. The van der Waals surface area contributed by atoms with Gasteiger partial charge in [0, 0.05) is 35.8 Å². The van der Waals surface area contributed by atoms with Crippen molar-refractivity contribution in [3.8, 4) is 0 Å². The Morgan fingerprint density at radius 3 is 2.61 bits per heavy atom. The summed E-state index contributed by atoms with van der Waals surface area (Å²) in [6.45, 7) is 1.80. The molecule has 1 aliphatic rings. The van der Waals surface area contributed by atoms with Gasteiger partial charge in [-0.3, -0.25) is 4.79 Å². The number of benzene rings is 1. The zero-order valence-corrected chi connectivity index (χ0v) is 10.5. The molecule has 1 aromatic carbocycles. The van der Waals surface area contributed by atoms with E-state index in [0.29, 0.717) is 0 Å². The topological polar surface area (TPSA) is 36.1 Å². The number of carbonyl (C=O) groups excluding carboxylic acids is 1. The summed E-state index contributed by atoms with van der Waals surface area (Å²) in [6, 6.07) is 7.88. The number of aromatic amines is 1. The third kappa shape index (κ3) is 2.01. The largest absolute Gasteiger partial charge is 0.361 e. The van der Waals surface area contributed by atoms with Crippen molar-refractivity contribution in [1.29, 1.82) is 0 Å². The molecule has 0 unspecified atom stereocenters. The van der Waals surface area contributed by atoms with Gasteiger partial charge >= 0.3 is 0 Å². The Hall–Kier alpha value is -1.77. The van der Waals surface area contributed by atoms with Crippen molar-refractivity contribution in [1.82, 2.24) is 9.88 Å². The highest BCUT2D eigenvalue weighted by molar-refractivity contribution is 6.06. The molecule has 2 aromatic rings. The number of amides is 1. The predicted molar refractivity (Wildman–Crippen MR) is 72.7 cm³/mol. The number of nitrogens with zero attached hydrogens (tertiary/aromatic N) is 1. The highest BCUT2D eigenvalue weighted by Crippen LogP contribution is 2.20. The molecule has 0 bridgehead atoms. The number of H-pyrrole nitrogens is 1. The number of fused-ring (bicyclic) bond motifs is 1. The predicted octanol–water partition coefficient (Wildman–Crippen LogP) is 3.18. The fraction of sp³-hybridized carbons (Fsp3) is 0.400. The van der Waals surface area contributed by atoms with Crippen LogP contribution in [0.4, 0.5) is 0 Å². The summed E-state index contributed by atoms with van der Waals surface area (Å²) in [5.41, 5.74) is 1.87. The molecule has 0 atom stereocenters. The summed E-state index contributed by atoms with van der Waals surface area (Å²) in [5.74, 6) is 0.183. The van der Waals surface area contributed by atoms with Gasteiger partial charge in [0.25, 0.3) is 5.91 Å². The van der Waals surface area contributed by atoms with Crippen LogP contribution in [0.15, 0.2) is 30.5 Å². The molecular weight excluding hydrogens is 224 g/mol. The van der Waals surface area contributed by atoms with E-state index in [1.54, 1.807) is 0 Å². The van der Waals surface area contributed by atoms with Crippen LogP contribution in [-0.4, -0.2) is 28.9 Å². The van der Waals surface area contributed by atoms with Crippen LogP contribution in [0.25, 0.3) is 10.9 Å². The Morgan fingerprint density at radius 2 is 1.83 bits per heavy atom. The first kappa shape index (κ1) is 11.3. The van der Waals surface area contributed by atoms with Gasteiger partial charge in [-0.05, 0) is 31.0 Å². The van der Waals surface area contributed by atoms with E-state index >= 15 is 0 Å². The smallest absolute Gasteiger partial charge is 0.254 e. The van der Waals surface area contributed by atoms with Gasteiger partial charge in [0.2, 0.25) is 0 Å². The van der Waals surface area contributed by atoms with E-state index < -0.39 is 0 Å². The van der Waals surface area contributed by atoms with E-state index in [2.05, 4.69) is 4.98 Å². The van der Waals surface area contributed by atoms with Crippen molar-refractivity contribution in [2.75, 3.05) is 13.1 Å². The molecule has 1 saturated heterocycles. The maximum Gasteiger partial charge on any atom is 0.254 e. The first-order valence-electron chi connectivity index (χ1n) is 6.71. The van der Waals surface area contributed by atoms with Gasteiger partial charge in [-0.2, -0.15) is 0 Å². The number of carbonyl (C=O) groups is 1. The van der Waals surface area contributed by atoms with E-state index in [-0.39, 0.29) is 5.91 Å². The molecule has 18 heavy (non-hydrogen) atoms. The molecule has 0 aliphatic carbocycles. The van der Waals surface area contributed by atoms with Gasteiger partial charge in [-0.25, -0.2) is 0 Å². The fourth-order valence-corrected chi connectivity index (χ4v) is 2.72. The quantitative estimate of drug-likeness (QED) is 0.819. The van der Waals surface area contributed by atoms with Gasteiger partial charge in [0.15, 0.2) is 0 Å². The molecule has 3 heteroatoms. The van der Waals surface area contributed by atoms with Gasteiger partial charge in [-0.15, -0.1) is 0 Å². The van der Waals surface area contributed by atoms with E-state index in [1.807, 2.05) is 35.4 Å². The van der Waals surface area contributed by atoms with Crippen LogP contribution in [0.5, 0.6) is 0 Å². The summed E-state index contributed by atoms with van der Waals surface area (Å²) in [6.07, 6.45) is 6.66. The highest BCUT2D eigenvalue weighted by atomic mass is 16.2. The molecule has 3 rings (SSSR count). The van der Waals surface area contributed by atoms with Crippen LogP contribution < -0.4 is 0 Å². The lowest BCUT2D eigenvalue weighted by molar-refractivity contribution is 0.0763. The number of nitrogens with one attached hydrogen (secondary N) is 1. The lowest BCUT2D eigenvalue weighted by Gasteiger charge is -2.20. The SMILES string of the molecule is O=C(c1cccc2[nH]ccc12)N1CCCCCC1. The van der Waals surface area contributed by atoms with Crippen LogP contribution >= 0.6 is 0 Å². The fourth-order valence-electron chi connectivity index (χ4n) is 2.72. The van der Waals surface area contributed by atoms with Crippen molar-refractivity contribution >= 4 is 16.8 Å². The van der Waals surface area contributed by atoms with Crippen LogP contribution in [0.3, 0.4) is 0 Å². The number of rotatable bonds is 1. The van der Waals surface area contributed by atoms with Crippen LogP contribution in [0, 0.1) is 0 Å². The van der Waals surface area contributed by atoms with E-state index in [0.717, 1.165) is 42.4 Å². The van der Waals surface area contributed by atoms with Crippen molar-refractivity contribution in [2.24, 2.45) is 0 Å². The van der Waals surface area contributed by atoms with Crippen molar-refractivity contribution < 1.29 is 4.79 Å². The maximum atomic E-state index is 12.6. The molecule has 1 N–H and O–H groups in total. The molecule has 2 heterocycles. The highest BCUT2D eigenvalue weighted by Gasteiger charge is 2.19. The van der Waals surface area contributed by atoms with E-state index in [4.69, 9.17) is 0 Å². The Bertz CT molecular complexity index is 550. The lowest BCUT2D eigenvalue weighted by atomic mass is 10.1. The molecule has 1 aromatic heterocycles. The second-order valence-corrected chi connectivity index (χ2v) is 4.95. The Labute approximate surface area is 107 Å². The average molecular weight is 242 g/mol. The zero-order valence-electron chi connectivity index (χ0n) is 10.5. The Morgan fingerprint density at radius 1 is 1.06 bits per heavy atom. The average Bonchev–Trinajstić information content (AvgIpc) is 2.71. The van der Waals surface area contributed by atoms with Crippen LogP contribution in [-0.2, 0) is 0 Å². The summed E-state index contributed by atoms with van der Waals surface area (Å²) in [7, 11) is 0. The minimum atomic E-state index is 0.183. The molecule has 0 saturated carbocycles. The summed E-state index contributed by atoms with van der Waals surface area (Å²) in [4.78, 5) is 17.7. The Kier molecular flexibility index (Phi) is 3.05. The van der Waals surface area contributed by atoms with Gasteiger partial charge < -0.3 is 9.88 Å². The molecular formula is C15H18N2O. The summed E-state index contributed by atoms with van der Waals surface area (Å²) in [5, 5.41) is 1.03. The zero-order chi connectivity index (χ0) is 12.4. The molecule has 3 nitrogen and oxygen atoms in total. The normalized spacial score (nSPS) is 16.8. The monoisotopic (exact) mass is 242 g/mol. The molecule has 1 amide bonds. The number of likely N-dealkylation sites (tertiary alicyclic amines) is 1. The first-order chi connectivity index (χ1) is 8.86. The van der Waals surface area contributed by atoms with E-state index in [9.17, 15) is 4.79 Å². The van der Waals surface area contributed by atoms with Crippen molar-refractivity contribution in [3.63, 3.8) is 0 Å². The second kappa shape index (κ2) is 4.84. The third-order valence-corrected chi connectivity index (χ3v) is 3.72. The number of hydrogen-bond acceptors (Lipinski definition) is 1. The first-order valence-corrected chi connectivity index (χ1v) is 6.71. The molecule has 0 spiro atoms. The number of aromatic nitrogens is 1. The third-order valence-electron chi connectivity index (χ3n) is 3.72. The van der Waals surface area contributed by atoms with Gasteiger partial charge in [-0.1, -0.05) is 18.9 Å². The standard InChI is InChI=1S/C15H18N2O/c18-15(17-10-3-1-2-4-11-17)13-6-5-7-14-12(13)8-9-16-14/h5-9,16H,1-4,10-11H2. The molecule has 1 fully saturated rings. The van der Waals surface area contributed by atoms with Crippen LogP contribution in [0.2, 0.25) is 0 Å². The summed E-state index contributed by atoms with van der Waals surface area (Å²) < 4.78 is 0. The van der Waals surface area contributed by atoms with Crippen LogP contribution in [0.1, 0.15) is 36.0 Å². The molecule has 1 aliphatic heterocycles. The van der Waals surface area contributed by atoms with Crippen molar-refractivity contribution in [2.45, 2.75) is 25.7 Å². The second-order valence-electron chi connectivity index (χ2n) is 4.95. The number of hydrogen-bond donors (Lipinski definition) is 1. The van der Waals surface area contributed by atoms with Gasteiger partial charge in [0.05, 0.1) is 0 Å². The van der Waals surface area contributed by atoms with E-state index in [1.165, 1.54) is 12.8 Å².